The molecule has 0 spiro atoms. The zero-order chi connectivity index (χ0) is 14.6. The van der Waals surface area contributed by atoms with Crippen LogP contribution in [-0.4, -0.2) is 16.6 Å². The highest BCUT2D eigenvalue weighted by Gasteiger charge is 2.18. The molecule has 0 aliphatic heterocycles. The van der Waals surface area contributed by atoms with Gasteiger partial charge in [0.1, 0.15) is 5.75 Å². The van der Waals surface area contributed by atoms with E-state index in [4.69, 9.17) is 4.52 Å². The summed E-state index contributed by atoms with van der Waals surface area (Å²) < 4.78 is 16.5. The predicted molar refractivity (Wildman–Crippen MR) is 78.7 cm³/mol. The Labute approximate surface area is 118 Å². The Bertz CT molecular complexity index is 605. The molecule has 0 aliphatic carbocycles. The molecule has 4 nitrogen and oxygen atoms in total. The summed E-state index contributed by atoms with van der Waals surface area (Å²) in [6, 6.07) is 14.3. The number of hydrogen-bond donors (Lipinski definition) is 2. The quantitative estimate of drug-likeness (QED) is 0.823. The van der Waals surface area contributed by atoms with Crippen LogP contribution < -0.4 is 0 Å². The maximum Gasteiger partial charge on any atom is 0.332 e. The lowest BCUT2D eigenvalue weighted by Crippen LogP contribution is -1.93. The summed E-state index contributed by atoms with van der Waals surface area (Å²) in [4.78, 5) is 9.59. The highest BCUT2D eigenvalue weighted by atomic mass is 31.2. The minimum atomic E-state index is -3.54. The molecule has 1 atom stereocenters. The van der Waals surface area contributed by atoms with Gasteiger partial charge in [-0.1, -0.05) is 36.4 Å². The molecule has 2 aromatic rings. The van der Waals surface area contributed by atoms with E-state index in [1.54, 1.807) is 19.1 Å². The molecule has 0 radical (unpaired) electrons. The van der Waals surface area contributed by atoms with Gasteiger partial charge in [-0.15, -0.1) is 0 Å². The first kappa shape index (κ1) is 14.8. The van der Waals surface area contributed by atoms with Gasteiger partial charge in [0.25, 0.3) is 0 Å². The molecule has 0 saturated carbocycles. The molecule has 0 saturated heterocycles. The summed E-state index contributed by atoms with van der Waals surface area (Å²) in [5.74, 6) is 0.225. The Balaban J connectivity index is 2.14. The van der Waals surface area contributed by atoms with E-state index in [-0.39, 0.29) is 18.5 Å². The van der Waals surface area contributed by atoms with Gasteiger partial charge in [-0.2, -0.15) is 0 Å². The van der Waals surface area contributed by atoms with Crippen LogP contribution in [0, 0.1) is 0 Å². The summed E-state index contributed by atoms with van der Waals surface area (Å²) in [6.07, 6.45) is 0.0106. The van der Waals surface area contributed by atoms with Gasteiger partial charge in [0, 0.05) is 0 Å². The Morgan fingerprint density at radius 3 is 2.00 bits per heavy atom. The van der Waals surface area contributed by atoms with E-state index in [9.17, 15) is 14.6 Å². The van der Waals surface area contributed by atoms with Crippen LogP contribution in [0.25, 0.3) is 11.1 Å². The number of phenols is 1. The SMILES string of the molecule is CCOP(=O)(O)Cc1ccc(-c2ccc(O)cc2)cc1. The average Bonchev–Trinajstić information content (AvgIpc) is 2.40. The van der Waals surface area contributed by atoms with Crippen LogP contribution in [0.1, 0.15) is 12.5 Å². The van der Waals surface area contributed by atoms with Crippen molar-refractivity contribution in [1.29, 1.82) is 0 Å². The van der Waals surface area contributed by atoms with Crippen molar-refractivity contribution < 1.29 is 19.1 Å². The second-order valence-corrected chi connectivity index (χ2v) is 6.31. The lowest BCUT2D eigenvalue weighted by atomic mass is 10.0. The highest BCUT2D eigenvalue weighted by Crippen LogP contribution is 2.45. The standard InChI is InChI=1S/C15H17O4P/c1-2-19-20(17,18)11-12-3-5-13(6-4-12)14-7-9-15(16)10-8-14/h3-10,16H,2,11H2,1H3,(H,17,18). The first-order chi connectivity index (χ1) is 9.50. The second-order valence-electron chi connectivity index (χ2n) is 4.46. The minimum Gasteiger partial charge on any atom is -0.508 e. The molecule has 0 fully saturated rings. The molecule has 0 heterocycles. The highest BCUT2D eigenvalue weighted by molar-refractivity contribution is 7.51. The number of rotatable bonds is 5. The van der Waals surface area contributed by atoms with Crippen LogP contribution in [-0.2, 0) is 15.3 Å². The molecular weight excluding hydrogens is 275 g/mol. The van der Waals surface area contributed by atoms with Crippen molar-refractivity contribution >= 4 is 7.60 Å². The van der Waals surface area contributed by atoms with Crippen molar-refractivity contribution in [3.8, 4) is 16.9 Å². The van der Waals surface area contributed by atoms with E-state index in [0.29, 0.717) is 0 Å². The van der Waals surface area contributed by atoms with Crippen molar-refractivity contribution in [3.05, 3.63) is 54.1 Å². The van der Waals surface area contributed by atoms with Crippen LogP contribution in [0.5, 0.6) is 5.75 Å². The molecule has 5 heteroatoms. The monoisotopic (exact) mass is 292 g/mol. The Morgan fingerprint density at radius 2 is 1.50 bits per heavy atom. The molecular formula is C15H17O4P. The van der Waals surface area contributed by atoms with Crippen LogP contribution in [0.3, 0.4) is 0 Å². The van der Waals surface area contributed by atoms with Gasteiger partial charge < -0.3 is 14.5 Å². The fourth-order valence-corrected chi connectivity index (χ4v) is 3.10. The fourth-order valence-electron chi connectivity index (χ4n) is 1.93. The molecule has 0 bridgehead atoms. The van der Waals surface area contributed by atoms with E-state index >= 15 is 0 Å². The normalized spacial score (nSPS) is 13.9. The molecule has 20 heavy (non-hydrogen) atoms. The molecule has 0 amide bonds. The third-order valence-electron chi connectivity index (χ3n) is 2.87. The van der Waals surface area contributed by atoms with Crippen molar-refractivity contribution in [2.75, 3.05) is 6.61 Å². The summed E-state index contributed by atoms with van der Waals surface area (Å²) in [5, 5.41) is 9.25. The van der Waals surface area contributed by atoms with Crippen LogP contribution >= 0.6 is 7.60 Å². The molecule has 0 aromatic heterocycles. The zero-order valence-corrected chi connectivity index (χ0v) is 12.1. The van der Waals surface area contributed by atoms with Crippen LogP contribution in [0.15, 0.2) is 48.5 Å². The van der Waals surface area contributed by atoms with Crippen molar-refractivity contribution in [2.45, 2.75) is 13.1 Å². The van der Waals surface area contributed by atoms with E-state index in [1.165, 1.54) is 0 Å². The smallest absolute Gasteiger partial charge is 0.332 e. The van der Waals surface area contributed by atoms with Crippen molar-refractivity contribution in [3.63, 3.8) is 0 Å². The van der Waals surface area contributed by atoms with E-state index in [2.05, 4.69) is 0 Å². The van der Waals surface area contributed by atoms with Gasteiger partial charge in [0.05, 0.1) is 12.8 Å². The third kappa shape index (κ3) is 3.94. The summed E-state index contributed by atoms with van der Waals surface area (Å²) in [7, 11) is -3.54. The lowest BCUT2D eigenvalue weighted by molar-refractivity contribution is 0.272. The van der Waals surface area contributed by atoms with Gasteiger partial charge in [-0.25, -0.2) is 0 Å². The Kier molecular flexibility index (Phi) is 4.61. The number of aromatic hydroxyl groups is 1. The Morgan fingerprint density at radius 1 is 1.00 bits per heavy atom. The van der Waals surface area contributed by atoms with Gasteiger partial charge in [-0.3, -0.25) is 4.57 Å². The summed E-state index contributed by atoms with van der Waals surface area (Å²) in [5.41, 5.74) is 2.72. The van der Waals surface area contributed by atoms with E-state index in [0.717, 1.165) is 16.7 Å². The number of hydrogen-bond acceptors (Lipinski definition) is 3. The van der Waals surface area contributed by atoms with Gasteiger partial charge in [0.15, 0.2) is 0 Å². The van der Waals surface area contributed by atoms with Crippen LogP contribution in [0.4, 0.5) is 0 Å². The molecule has 1 unspecified atom stereocenters. The van der Waals surface area contributed by atoms with Gasteiger partial charge in [-0.05, 0) is 35.7 Å². The molecule has 2 N–H and O–H groups in total. The van der Waals surface area contributed by atoms with E-state index in [1.807, 2.05) is 36.4 Å². The lowest BCUT2D eigenvalue weighted by Gasteiger charge is -2.11. The predicted octanol–water partition coefficient (Wildman–Crippen LogP) is 3.78. The zero-order valence-electron chi connectivity index (χ0n) is 11.2. The van der Waals surface area contributed by atoms with Crippen LogP contribution in [0.2, 0.25) is 0 Å². The second kappa shape index (κ2) is 6.23. The largest absolute Gasteiger partial charge is 0.508 e. The van der Waals surface area contributed by atoms with E-state index < -0.39 is 7.60 Å². The number of phenolic OH excluding ortho intramolecular Hbond substituents is 1. The maximum absolute atomic E-state index is 11.7. The average molecular weight is 292 g/mol. The van der Waals surface area contributed by atoms with Crippen molar-refractivity contribution in [2.24, 2.45) is 0 Å². The first-order valence-electron chi connectivity index (χ1n) is 6.35. The molecule has 106 valence electrons. The maximum atomic E-state index is 11.7. The minimum absolute atomic E-state index is 0.0106. The molecule has 2 aromatic carbocycles. The summed E-state index contributed by atoms with van der Waals surface area (Å²) >= 11 is 0. The third-order valence-corrected chi connectivity index (χ3v) is 4.29. The topological polar surface area (TPSA) is 66.8 Å². The van der Waals surface area contributed by atoms with Gasteiger partial charge in [0.2, 0.25) is 0 Å². The van der Waals surface area contributed by atoms with Gasteiger partial charge >= 0.3 is 7.60 Å². The first-order valence-corrected chi connectivity index (χ1v) is 8.11. The Hall–Kier alpha value is -1.61. The fraction of sp³-hybridized carbons (Fsp3) is 0.200. The number of benzene rings is 2. The molecule has 0 aliphatic rings. The molecule has 2 rings (SSSR count). The van der Waals surface area contributed by atoms with Crippen molar-refractivity contribution in [1.82, 2.24) is 0 Å². The summed E-state index contributed by atoms with van der Waals surface area (Å²) in [6.45, 7) is 1.91.